The molecule has 1 fully saturated rings. The topological polar surface area (TPSA) is 70.8 Å². The zero-order valence-electron chi connectivity index (χ0n) is 20.3. The molecule has 1 aliphatic heterocycles. The van der Waals surface area contributed by atoms with Crippen LogP contribution in [0.4, 0.5) is 0 Å². The molecular weight excluding hydrogens is 458 g/mol. The summed E-state index contributed by atoms with van der Waals surface area (Å²) in [6.45, 7) is 9.87. The van der Waals surface area contributed by atoms with Crippen molar-refractivity contribution in [2.24, 2.45) is 0 Å². The summed E-state index contributed by atoms with van der Waals surface area (Å²) < 4.78 is 1.37. The van der Waals surface area contributed by atoms with Gasteiger partial charge in [0.1, 0.15) is 5.01 Å². The summed E-state index contributed by atoms with van der Waals surface area (Å²) in [7, 11) is 0. The highest BCUT2D eigenvalue weighted by atomic mass is 32.1. The highest BCUT2D eigenvalue weighted by molar-refractivity contribution is 7.19. The number of hydrogen-bond donors (Lipinski definition) is 0. The molecule has 0 bridgehead atoms. The third kappa shape index (κ3) is 5.04. The third-order valence-corrected chi connectivity index (χ3v) is 7.32. The number of amides is 1. The number of hydrogen-bond acceptors (Lipinski definition) is 6. The number of benzene rings is 2. The molecule has 0 atom stereocenters. The quantitative estimate of drug-likeness (QED) is 0.434. The number of nitrogens with zero attached hydrogens (tertiary/aromatic N) is 5. The molecule has 0 saturated carbocycles. The Morgan fingerprint density at radius 3 is 2.31 bits per heavy atom. The summed E-state index contributed by atoms with van der Waals surface area (Å²) in [6.07, 6.45) is 0. The van der Waals surface area contributed by atoms with Crippen molar-refractivity contribution < 1.29 is 4.79 Å². The maximum Gasteiger partial charge on any atom is 0.275 e. The lowest BCUT2D eigenvalue weighted by Crippen LogP contribution is -2.48. The Morgan fingerprint density at radius 1 is 0.971 bits per heavy atom. The first-order valence-electron chi connectivity index (χ1n) is 11.9. The molecule has 1 amide bonds. The highest BCUT2D eigenvalue weighted by Gasteiger charge is 2.23. The molecule has 0 spiro atoms. The number of piperazine rings is 1. The predicted octanol–water partition coefficient (Wildman–Crippen LogP) is 4.07. The molecule has 0 radical (unpaired) electrons. The van der Waals surface area contributed by atoms with Crippen LogP contribution in [0.15, 0.2) is 65.5 Å². The lowest BCUT2D eigenvalue weighted by atomic mass is 9.86. The van der Waals surface area contributed by atoms with E-state index >= 15 is 0 Å². The summed E-state index contributed by atoms with van der Waals surface area (Å²) >= 11 is 1.41. The van der Waals surface area contributed by atoms with Crippen molar-refractivity contribution in [3.05, 3.63) is 87.8 Å². The molecule has 35 heavy (non-hydrogen) atoms. The molecule has 2 aromatic heterocycles. The van der Waals surface area contributed by atoms with Gasteiger partial charge in [0.2, 0.25) is 4.96 Å². The Morgan fingerprint density at radius 2 is 1.66 bits per heavy atom. The van der Waals surface area contributed by atoms with Crippen molar-refractivity contribution in [3.8, 4) is 10.6 Å². The molecular formula is C27H29N5O2S. The standard InChI is InChI=1S/C27H29N5O2S/c1-27(2,3)21-11-9-20(10-12-21)25(34)31-15-13-30(14-16-31)18-22-17-23(33)32-26(28-22)35-24(29-32)19-7-5-4-6-8-19/h4-12,17H,13-16,18H2,1-3H3. The Kier molecular flexibility index (Phi) is 6.25. The third-order valence-electron chi connectivity index (χ3n) is 6.36. The van der Waals surface area contributed by atoms with Crippen molar-refractivity contribution in [3.63, 3.8) is 0 Å². The van der Waals surface area contributed by atoms with E-state index in [9.17, 15) is 9.59 Å². The van der Waals surface area contributed by atoms with Gasteiger partial charge in [0.05, 0.1) is 5.69 Å². The van der Waals surface area contributed by atoms with E-state index in [0.29, 0.717) is 24.6 Å². The van der Waals surface area contributed by atoms with Gasteiger partial charge in [-0.15, -0.1) is 0 Å². The number of carbonyl (C=O) groups is 1. The number of rotatable bonds is 4. The van der Waals surface area contributed by atoms with Crippen molar-refractivity contribution in [2.45, 2.75) is 32.7 Å². The van der Waals surface area contributed by atoms with E-state index in [-0.39, 0.29) is 16.9 Å². The Hall–Kier alpha value is -3.36. The fourth-order valence-corrected chi connectivity index (χ4v) is 5.20. The van der Waals surface area contributed by atoms with E-state index in [1.165, 1.54) is 21.4 Å². The zero-order valence-corrected chi connectivity index (χ0v) is 21.1. The van der Waals surface area contributed by atoms with Crippen LogP contribution in [0.3, 0.4) is 0 Å². The molecule has 3 heterocycles. The van der Waals surface area contributed by atoms with Gasteiger partial charge in [-0.2, -0.15) is 9.61 Å². The Labute approximate surface area is 208 Å². The van der Waals surface area contributed by atoms with Crippen LogP contribution in [0.5, 0.6) is 0 Å². The molecule has 7 nitrogen and oxygen atoms in total. The van der Waals surface area contributed by atoms with Crippen LogP contribution in [-0.4, -0.2) is 56.5 Å². The number of carbonyl (C=O) groups excluding carboxylic acids is 1. The zero-order chi connectivity index (χ0) is 24.6. The molecule has 2 aromatic carbocycles. The first-order chi connectivity index (χ1) is 16.8. The van der Waals surface area contributed by atoms with Gasteiger partial charge in [-0.3, -0.25) is 14.5 Å². The second-order valence-electron chi connectivity index (χ2n) is 9.95. The van der Waals surface area contributed by atoms with E-state index in [4.69, 9.17) is 4.98 Å². The van der Waals surface area contributed by atoms with Crippen molar-refractivity contribution in [2.75, 3.05) is 26.2 Å². The van der Waals surface area contributed by atoms with Crippen LogP contribution in [-0.2, 0) is 12.0 Å². The smallest absolute Gasteiger partial charge is 0.275 e. The molecule has 1 aliphatic rings. The second kappa shape index (κ2) is 9.36. The van der Waals surface area contributed by atoms with Crippen LogP contribution >= 0.6 is 11.3 Å². The van der Waals surface area contributed by atoms with Crippen LogP contribution in [0, 0.1) is 0 Å². The Balaban J connectivity index is 1.23. The molecule has 180 valence electrons. The van der Waals surface area contributed by atoms with Crippen LogP contribution in [0.25, 0.3) is 15.5 Å². The normalized spacial score (nSPS) is 15.0. The van der Waals surface area contributed by atoms with E-state index in [2.05, 4.69) is 30.8 Å². The number of aromatic nitrogens is 3. The fraction of sp³-hybridized carbons (Fsp3) is 0.333. The SMILES string of the molecule is CC(C)(C)c1ccc(C(=O)N2CCN(Cc3cc(=O)n4nc(-c5ccccc5)sc4n3)CC2)cc1. The second-order valence-corrected chi connectivity index (χ2v) is 10.9. The molecule has 0 aliphatic carbocycles. The maximum atomic E-state index is 13.0. The van der Waals surface area contributed by atoms with Gasteiger partial charge in [0.15, 0.2) is 0 Å². The van der Waals surface area contributed by atoms with Crippen LogP contribution < -0.4 is 5.56 Å². The van der Waals surface area contributed by atoms with Gasteiger partial charge in [-0.05, 0) is 23.1 Å². The minimum Gasteiger partial charge on any atom is -0.336 e. The summed E-state index contributed by atoms with van der Waals surface area (Å²) in [6, 6.07) is 19.3. The van der Waals surface area contributed by atoms with Gasteiger partial charge in [0, 0.05) is 49.9 Å². The van der Waals surface area contributed by atoms with Gasteiger partial charge >= 0.3 is 0 Å². The van der Waals surface area contributed by atoms with Gasteiger partial charge in [-0.1, -0.05) is 74.6 Å². The average molecular weight is 488 g/mol. The first kappa shape index (κ1) is 23.4. The van der Waals surface area contributed by atoms with E-state index < -0.39 is 0 Å². The van der Waals surface area contributed by atoms with Crippen molar-refractivity contribution >= 4 is 22.2 Å². The van der Waals surface area contributed by atoms with Crippen LogP contribution in [0.2, 0.25) is 0 Å². The summed E-state index contributed by atoms with van der Waals surface area (Å²) in [4.78, 5) is 35.1. The van der Waals surface area contributed by atoms with Crippen molar-refractivity contribution in [1.29, 1.82) is 0 Å². The lowest BCUT2D eigenvalue weighted by molar-refractivity contribution is 0.0627. The van der Waals surface area contributed by atoms with Gasteiger partial charge < -0.3 is 4.90 Å². The van der Waals surface area contributed by atoms with E-state index in [1.54, 1.807) is 6.07 Å². The summed E-state index contributed by atoms with van der Waals surface area (Å²) in [5.41, 5.74) is 3.54. The maximum absolute atomic E-state index is 13.0. The van der Waals surface area contributed by atoms with E-state index in [1.807, 2.05) is 59.5 Å². The lowest BCUT2D eigenvalue weighted by Gasteiger charge is -2.34. The monoisotopic (exact) mass is 487 g/mol. The molecule has 0 N–H and O–H groups in total. The highest BCUT2D eigenvalue weighted by Crippen LogP contribution is 2.24. The van der Waals surface area contributed by atoms with Crippen LogP contribution in [0.1, 0.15) is 42.4 Å². The van der Waals surface area contributed by atoms with Crippen molar-refractivity contribution in [1.82, 2.24) is 24.4 Å². The fourth-order valence-electron chi connectivity index (χ4n) is 4.27. The first-order valence-corrected chi connectivity index (χ1v) is 12.7. The summed E-state index contributed by atoms with van der Waals surface area (Å²) in [5.74, 6) is 0.0704. The largest absolute Gasteiger partial charge is 0.336 e. The van der Waals surface area contributed by atoms with E-state index in [0.717, 1.165) is 34.9 Å². The molecule has 0 unspecified atom stereocenters. The molecule has 1 saturated heterocycles. The molecule has 8 heteroatoms. The minimum absolute atomic E-state index is 0.0645. The minimum atomic E-state index is -0.170. The van der Waals surface area contributed by atoms with Gasteiger partial charge in [0.25, 0.3) is 11.5 Å². The molecule has 5 rings (SSSR count). The molecule has 4 aromatic rings. The van der Waals surface area contributed by atoms with Gasteiger partial charge in [-0.25, -0.2) is 4.98 Å². The number of fused-ring (bicyclic) bond motifs is 1. The summed E-state index contributed by atoms with van der Waals surface area (Å²) in [5, 5.41) is 5.22. The average Bonchev–Trinajstić information content (AvgIpc) is 3.29. The Bertz CT molecular complexity index is 1400. The predicted molar refractivity (Wildman–Crippen MR) is 139 cm³/mol.